The summed E-state index contributed by atoms with van der Waals surface area (Å²) in [5.74, 6) is 1.09. The lowest BCUT2D eigenvalue weighted by Gasteiger charge is -2.20. The molecule has 2 aliphatic rings. The Morgan fingerprint density at radius 1 is 0.935 bits per heavy atom. The van der Waals surface area contributed by atoms with Crippen molar-refractivity contribution >= 4 is 23.1 Å². The highest BCUT2D eigenvalue weighted by atomic mass is 16.5. The fourth-order valence-electron chi connectivity index (χ4n) is 4.04. The molecule has 2 heterocycles. The third kappa shape index (κ3) is 4.02. The minimum Gasteiger partial charge on any atom is -0.496 e. The van der Waals surface area contributed by atoms with Gasteiger partial charge in [-0.15, -0.1) is 0 Å². The fourth-order valence-corrected chi connectivity index (χ4v) is 4.04. The largest absolute Gasteiger partial charge is 0.496 e. The molecule has 0 atom stereocenters. The van der Waals surface area contributed by atoms with Crippen LogP contribution in [0.1, 0.15) is 32.3 Å². The summed E-state index contributed by atoms with van der Waals surface area (Å²) in [4.78, 5) is 30.4. The van der Waals surface area contributed by atoms with Gasteiger partial charge in [-0.3, -0.25) is 9.59 Å². The lowest BCUT2D eigenvalue weighted by molar-refractivity contribution is -0.120. The van der Waals surface area contributed by atoms with Gasteiger partial charge in [0.15, 0.2) is 0 Å². The maximum absolute atomic E-state index is 13.6. The zero-order valence-corrected chi connectivity index (χ0v) is 18.3. The van der Waals surface area contributed by atoms with Crippen molar-refractivity contribution in [3.05, 3.63) is 59.8 Å². The molecule has 2 aliphatic heterocycles. The Morgan fingerprint density at radius 3 is 2.26 bits per heavy atom. The number of carbonyl (C=O) groups excluding carboxylic acids is 2. The number of benzene rings is 2. The summed E-state index contributed by atoms with van der Waals surface area (Å²) in [6, 6.07) is 14.5. The summed E-state index contributed by atoms with van der Waals surface area (Å²) in [5.41, 5.74) is 2.05. The molecule has 0 spiro atoms. The third-order valence-corrected chi connectivity index (χ3v) is 5.54. The molecule has 162 valence electrons. The summed E-state index contributed by atoms with van der Waals surface area (Å²) in [6.07, 6.45) is 2.01. The van der Waals surface area contributed by atoms with Crippen molar-refractivity contribution in [2.24, 2.45) is 5.92 Å². The van der Waals surface area contributed by atoms with Crippen molar-refractivity contribution in [3.63, 3.8) is 0 Å². The van der Waals surface area contributed by atoms with Crippen molar-refractivity contribution < 1.29 is 19.1 Å². The van der Waals surface area contributed by atoms with Crippen LogP contribution in [0.4, 0.5) is 5.69 Å². The molecule has 0 aliphatic carbocycles. The number of anilines is 1. The van der Waals surface area contributed by atoms with Gasteiger partial charge < -0.3 is 14.4 Å². The van der Waals surface area contributed by atoms with Crippen LogP contribution < -0.4 is 14.4 Å². The van der Waals surface area contributed by atoms with Gasteiger partial charge in [-0.05, 0) is 49.1 Å². The molecule has 2 amide bonds. The normalized spacial score (nSPS) is 16.6. The van der Waals surface area contributed by atoms with E-state index in [9.17, 15) is 9.59 Å². The van der Waals surface area contributed by atoms with Crippen LogP contribution in [0, 0.1) is 5.92 Å². The number of likely N-dealkylation sites (tertiary alicyclic amines) is 1. The number of carbonyl (C=O) groups is 2. The predicted octanol–water partition coefficient (Wildman–Crippen LogP) is 4.11. The van der Waals surface area contributed by atoms with Crippen molar-refractivity contribution in [2.45, 2.75) is 26.7 Å². The second-order valence-corrected chi connectivity index (χ2v) is 8.26. The minimum absolute atomic E-state index is 0.288. The van der Waals surface area contributed by atoms with Crippen LogP contribution in [-0.2, 0) is 9.59 Å². The van der Waals surface area contributed by atoms with E-state index in [1.165, 1.54) is 4.90 Å². The van der Waals surface area contributed by atoms with Gasteiger partial charge in [0, 0.05) is 18.7 Å². The Hall–Kier alpha value is -3.28. The number of ether oxygens (including phenoxy) is 2. The first-order valence-electron chi connectivity index (χ1n) is 10.8. The Labute approximate surface area is 183 Å². The van der Waals surface area contributed by atoms with Gasteiger partial charge in [0.2, 0.25) is 0 Å². The van der Waals surface area contributed by atoms with Crippen molar-refractivity contribution in [1.82, 2.24) is 4.90 Å². The maximum atomic E-state index is 13.6. The van der Waals surface area contributed by atoms with Crippen LogP contribution in [0.5, 0.6) is 11.5 Å². The summed E-state index contributed by atoms with van der Waals surface area (Å²) >= 11 is 0. The first-order chi connectivity index (χ1) is 15.0. The molecular formula is C25H28N2O4. The number of methoxy groups -OCH3 is 1. The predicted molar refractivity (Wildman–Crippen MR) is 120 cm³/mol. The number of hydrogen-bond donors (Lipinski definition) is 0. The third-order valence-electron chi connectivity index (χ3n) is 5.54. The monoisotopic (exact) mass is 420 g/mol. The van der Waals surface area contributed by atoms with E-state index in [0.717, 1.165) is 25.9 Å². The van der Waals surface area contributed by atoms with E-state index >= 15 is 0 Å². The SMILES string of the molecule is COc1ccccc1C1=C(N2CCCC2)C(=O)N(c2ccc(OCC(C)C)cc2)C1=O. The molecule has 6 nitrogen and oxygen atoms in total. The van der Waals surface area contributed by atoms with Gasteiger partial charge in [0.25, 0.3) is 11.8 Å². The van der Waals surface area contributed by atoms with Crippen molar-refractivity contribution in [1.29, 1.82) is 0 Å². The first kappa shape index (κ1) is 21.0. The van der Waals surface area contributed by atoms with Crippen molar-refractivity contribution in [2.75, 3.05) is 31.7 Å². The summed E-state index contributed by atoms with van der Waals surface area (Å²) < 4.78 is 11.2. The highest BCUT2D eigenvalue weighted by molar-refractivity contribution is 6.45. The van der Waals surface area contributed by atoms with Crippen molar-refractivity contribution in [3.8, 4) is 11.5 Å². The first-order valence-corrected chi connectivity index (χ1v) is 10.8. The van der Waals surface area contributed by atoms with E-state index < -0.39 is 0 Å². The molecule has 31 heavy (non-hydrogen) atoms. The van der Waals surface area contributed by atoms with Gasteiger partial charge in [-0.25, -0.2) is 4.90 Å². The molecule has 4 rings (SSSR count). The van der Waals surface area contributed by atoms with Crippen LogP contribution >= 0.6 is 0 Å². The standard InChI is InChI=1S/C25H28N2O4/c1-17(2)16-31-19-12-10-18(11-13-19)27-24(28)22(20-8-4-5-9-21(20)30-3)23(25(27)29)26-14-6-7-15-26/h4-5,8-13,17H,6-7,14-16H2,1-3H3. The summed E-state index contributed by atoms with van der Waals surface area (Å²) in [7, 11) is 1.57. The average Bonchev–Trinajstić information content (AvgIpc) is 3.38. The van der Waals surface area contributed by atoms with Gasteiger partial charge in [0.05, 0.1) is 25.0 Å². The minimum atomic E-state index is -0.327. The van der Waals surface area contributed by atoms with E-state index in [4.69, 9.17) is 9.47 Å². The van der Waals surface area contributed by atoms with E-state index in [-0.39, 0.29) is 11.8 Å². The quantitative estimate of drug-likeness (QED) is 0.631. The highest BCUT2D eigenvalue weighted by Crippen LogP contribution is 2.39. The van der Waals surface area contributed by atoms with Gasteiger partial charge >= 0.3 is 0 Å². The van der Waals surface area contributed by atoms with Gasteiger partial charge in [0.1, 0.15) is 17.2 Å². The molecule has 2 aromatic rings. The zero-order chi connectivity index (χ0) is 22.0. The number of para-hydroxylation sites is 1. The van der Waals surface area contributed by atoms with E-state index in [0.29, 0.717) is 46.5 Å². The zero-order valence-electron chi connectivity index (χ0n) is 18.3. The Balaban J connectivity index is 1.72. The molecule has 6 heteroatoms. The van der Waals surface area contributed by atoms with Crippen LogP contribution in [0.25, 0.3) is 5.57 Å². The molecule has 1 fully saturated rings. The molecule has 1 saturated heterocycles. The Bertz CT molecular complexity index is 1000. The molecular weight excluding hydrogens is 392 g/mol. The Morgan fingerprint density at radius 2 is 1.61 bits per heavy atom. The molecule has 0 unspecified atom stereocenters. The van der Waals surface area contributed by atoms with Gasteiger partial charge in [-0.2, -0.15) is 0 Å². The second-order valence-electron chi connectivity index (χ2n) is 8.26. The molecule has 0 saturated carbocycles. The van der Waals surface area contributed by atoms with E-state index in [1.54, 1.807) is 31.4 Å². The number of rotatable bonds is 7. The molecule has 0 radical (unpaired) electrons. The second kappa shape index (κ2) is 8.84. The number of imide groups is 1. The maximum Gasteiger partial charge on any atom is 0.282 e. The summed E-state index contributed by atoms with van der Waals surface area (Å²) in [5, 5.41) is 0. The number of hydrogen-bond acceptors (Lipinski definition) is 5. The lowest BCUT2D eigenvalue weighted by Crippen LogP contribution is -2.34. The Kier molecular flexibility index (Phi) is 5.98. The molecule has 0 aromatic heterocycles. The number of amides is 2. The smallest absolute Gasteiger partial charge is 0.282 e. The van der Waals surface area contributed by atoms with Crippen LogP contribution in [0.3, 0.4) is 0 Å². The van der Waals surface area contributed by atoms with Crippen LogP contribution in [-0.4, -0.2) is 43.5 Å². The topological polar surface area (TPSA) is 59.1 Å². The van der Waals surface area contributed by atoms with E-state index in [1.807, 2.05) is 29.2 Å². The molecule has 2 aromatic carbocycles. The lowest BCUT2D eigenvalue weighted by atomic mass is 10.0. The van der Waals surface area contributed by atoms with Crippen LogP contribution in [0.2, 0.25) is 0 Å². The average molecular weight is 421 g/mol. The molecule has 0 bridgehead atoms. The fraction of sp³-hybridized carbons (Fsp3) is 0.360. The molecule has 0 N–H and O–H groups in total. The van der Waals surface area contributed by atoms with Crippen LogP contribution in [0.15, 0.2) is 54.2 Å². The van der Waals surface area contributed by atoms with E-state index in [2.05, 4.69) is 13.8 Å². The van der Waals surface area contributed by atoms with Gasteiger partial charge in [-0.1, -0.05) is 32.0 Å². The number of nitrogens with zero attached hydrogens (tertiary/aromatic N) is 2. The summed E-state index contributed by atoms with van der Waals surface area (Å²) in [6.45, 7) is 6.31. The highest BCUT2D eigenvalue weighted by Gasteiger charge is 2.43.